The second-order valence-electron chi connectivity index (χ2n) is 4.75. The van der Waals surface area contributed by atoms with E-state index in [1.54, 1.807) is 12.1 Å². The first-order valence-corrected chi connectivity index (χ1v) is 6.52. The van der Waals surface area contributed by atoms with Crippen molar-refractivity contribution in [3.63, 3.8) is 0 Å². The lowest BCUT2D eigenvalue weighted by molar-refractivity contribution is 0.0696. The molecule has 104 valence electrons. The number of hydrogen-bond donors (Lipinski definition) is 2. The van der Waals surface area contributed by atoms with E-state index >= 15 is 0 Å². The Morgan fingerprint density at radius 3 is 2.47 bits per heavy atom. The molecule has 0 amide bonds. The molecule has 5 heteroatoms. The maximum atomic E-state index is 10.7. The molecule has 2 N–H and O–H groups in total. The number of benzene rings is 1. The Morgan fingerprint density at radius 2 is 1.89 bits per heavy atom. The van der Waals surface area contributed by atoms with Crippen LogP contribution in [-0.4, -0.2) is 53.4 Å². The lowest BCUT2D eigenvalue weighted by Crippen LogP contribution is -2.38. The van der Waals surface area contributed by atoms with Gasteiger partial charge in [-0.2, -0.15) is 0 Å². The van der Waals surface area contributed by atoms with E-state index in [1.807, 2.05) is 0 Å². The van der Waals surface area contributed by atoms with Crippen molar-refractivity contribution in [1.82, 2.24) is 4.90 Å². The Balaban J connectivity index is 1.72. The molecule has 0 aromatic heterocycles. The average Bonchev–Trinajstić information content (AvgIpc) is 2.41. The Labute approximate surface area is 112 Å². The first-order chi connectivity index (χ1) is 9.15. The van der Waals surface area contributed by atoms with Crippen molar-refractivity contribution in [2.75, 3.05) is 26.2 Å². The van der Waals surface area contributed by atoms with E-state index in [2.05, 4.69) is 4.90 Å². The Hall–Kier alpha value is -1.59. The van der Waals surface area contributed by atoms with Crippen molar-refractivity contribution in [2.45, 2.75) is 18.9 Å². The van der Waals surface area contributed by atoms with Gasteiger partial charge in [0.25, 0.3) is 0 Å². The highest BCUT2D eigenvalue weighted by Gasteiger charge is 2.16. The summed E-state index contributed by atoms with van der Waals surface area (Å²) in [5.41, 5.74) is 0.261. The van der Waals surface area contributed by atoms with Gasteiger partial charge in [0, 0.05) is 19.6 Å². The standard InChI is InChI=1S/C14H19NO4/c16-12-5-7-15(8-6-12)9-10-19-13-3-1-11(2-4-13)14(17)18/h1-4,12,16H,5-10H2,(H,17,18). The molecular weight excluding hydrogens is 246 g/mol. The molecule has 0 bridgehead atoms. The number of aliphatic hydroxyl groups excluding tert-OH is 1. The molecule has 0 radical (unpaired) electrons. The van der Waals surface area contributed by atoms with Gasteiger partial charge in [-0.05, 0) is 37.1 Å². The van der Waals surface area contributed by atoms with Crippen LogP contribution in [0.15, 0.2) is 24.3 Å². The molecule has 1 aliphatic heterocycles. The highest BCUT2D eigenvalue weighted by Crippen LogP contribution is 2.13. The third-order valence-corrected chi connectivity index (χ3v) is 3.33. The summed E-state index contributed by atoms with van der Waals surface area (Å²) in [6, 6.07) is 6.41. The molecule has 5 nitrogen and oxygen atoms in total. The lowest BCUT2D eigenvalue weighted by atomic mass is 10.1. The van der Waals surface area contributed by atoms with Crippen LogP contribution in [0.4, 0.5) is 0 Å². The van der Waals surface area contributed by atoms with Gasteiger partial charge >= 0.3 is 5.97 Å². The van der Waals surface area contributed by atoms with Crippen LogP contribution < -0.4 is 4.74 Å². The zero-order valence-corrected chi connectivity index (χ0v) is 10.8. The van der Waals surface area contributed by atoms with Crippen LogP contribution in [0, 0.1) is 0 Å². The van der Waals surface area contributed by atoms with Gasteiger partial charge in [-0.1, -0.05) is 0 Å². The van der Waals surface area contributed by atoms with Crippen LogP contribution in [0.5, 0.6) is 5.75 Å². The SMILES string of the molecule is O=C(O)c1ccc(OCCN2CCC(O)CC2)cc1. The number of rotatable bonds is 5. The summed E-state index contributed by atoms with van der Waals surface area (Å²) in [6.45, 7) is 3.21. The van der Waals surface area contributed by atoms with E-state index in [4.69, 9.17) is 9.84 Å². The third-order valence-electron chi connectivity index (χ3n) is 3.33. The molecule has 1 fully saturated rings. The van der Waals surface area contributed by atoms with E-state index in [0.29, 0.717) is 12.4 Å². The largest absolute Gasteiger partial charge is 0.492 e. The molecule has 1 aromatic rings. The molecule has 0 aliphatic carbocycles. The minimum absolute atomic E-state index is 0.152. The van der Waals surface area contributed by atoms with Crippen LogP contribution in [0.3, 0.4) is 0 Å². The van der Waals surface area contributed by atoms with E-state index < -0.39 is 5.97 Å². The van der Waals surface area contributed by atoms with E-state index in [1.165, 1.54) is 12.1 Å². The third kappa shape index (κ3) is 4.22. The van der Waals surface area contributed by atoms with Crippen molar-refractivity contribution in [2.24, 2.45) is 0 Å². The number of carboxylic acids is 1. The van der Waals surface area contributed by atoms with Crippen LogP contribution in [0.1, 0.15) is 23.2 Å². The summed E-state index contributed by atoms with van der Waals surface area (Å²) in [7, 11) is 0. The van der Waals surface area contributed by atoms with Crippen LogP contribution in [0.25, 0.3) is 0 Å². The van der Waals surface area contributed by atoms with Gasteiger partial charge in [0.1, 0.15) is 12.4 Å². The first kappa shape index (κ1) is 13.8. The topological polar surface area (TPSA) is 70.0 Å². The number of likely N-dealkylation sites (tertiary alicyclic amines) is 1. The molecule has 0 spiro atoms. The summed E-state index contributed by atoms with van der Waals surface area (Å²) in [6.07, 6.45) is 1.50. The molecule has 0 atom stereocenters. The van der Waals surface area contributed by atoms with Crippen molar-refractivity contribution in [1.29, 1.82) is 0 Å². The normalized spacial score (nSPS) is 17.3. The van der Waals surface area contributed by atoms with Crippen LogP contribution in [-0.2, 0) is 0 Å². The Morgan fingerprint density at radius 1 is 1.26 bits per heavy atom. The van der Waals surface area contributed by atoms with Gasteiger partial charge in [0.05, 0.1) is 11.7 Å². The number of carbonyl (C=O) groups is 1. The van der Waals surface area contributed by atoms with Crippen molar-refractivity contribution in [3.8, 4) is 5.75 Å². The maximum absolute atomic E-state index is 10.7. The van der Waals surface area contributed by atoms with Crippen molar-refractivity contribution < 1.29 is 19.7 Å². The predicted molar refractivity (Wildman–Crippen MR) is 70.6 cm³/mol. The summed E-state index contributed by atoms with van der Waals surface area (Å²) < 4.78 is 5.57. The molecule has 0 unspecified atom stereocenters. The first-order valence-electron chi connectivity index (χ1n) is 6.52. The number of ether oxygens (including phenoxy) is 1. The van der Waals surface area contributed by atoms with Gasteiger partial charge in [0.15, 0.2) is 0 Å². The van der Waals surface area contributed by atoms with Gasteiger partial charge in [0.2, 0.25) is 0 Å². The zero-order valence-electron chi connectivity index (χ0n) is 10.8. The molecule has 1 heterocycles. The van der Waals surface area contributed by atoms with Gasteiger partial charge in [-0.3, -0.25) is 4.90 Å². The van der Waals surface area contributed by atoms with E-state index in [-0.39, 0.29) is 11.7 Å². The number of aromatic carboxylic acids is 1. The number of hydrogen-bond acceptors (Lipinski definition) is 4. The maximum Gasteiger partial charge on any atom is 0.335 e. The fourth-order valence-corrected chi connectivity index (χ4v) is 2.13. The number of carboxylic acid groups (broad SMARTS) is 1. The highest BCUT2D eigenvalue weighted by atomic mass is 16.5. The number of piperidine rings is 1. The average molecular weight is 265 g/mol. The zero-order chi connectivity index (χ0) is 13.7. The number of aliphatic hydroxyl groups is 1. The molecule has 1 saturated heterocycles. The monoisotopic (exact) mass is 265 g/mol. The fraction of sp³-hybridized carbons (Fsp3) is 0.500. The summed E-state index contributed by atoms with van der Waals surface area (Å²) in [5.74, 6) is -0.250. The lowest BCUT2D eigenvalue weighted by Gasteiger charge is -2.29. The van der Waals surface area contributed by atoms with Crippen molar-refractivity contribution >= 4 is 5.97 Å². The summed E-state index contributed by atoms with van der Waals surface area (Å²) in [4.78, 5) is 13.0. The van der Waals surface area contributed by atoms with Crippen LogP contribution in [0.2, 0.25) is 0 Å². The smallest absolute Gasteiger partial charge is 0.335 e. The van der Waals surface area contributed by atoms with E-state index in [0.717, 1.165) is 32.5 Å². The minimum atomic E-state index is -0.932. The molecule has 1 aromatic carbocycles. The fourth-order valence-electron chi connectivity index (χ4n) is 2.13. The van der Waals surface area contributed by atoms with Crippen molar-refractivity contribution in [3.05, 3.63) is 29.8 Å². The molecule has 0 saturated carbocycles. The summed E-state index contributed by atoms with van der Waals surface area (Å²) >= 11 is 0. The van der Waals surface area contributed by atoms with E-state index in [9.17, 15) is 9.90 Å². The second-order valence-corrected chi connectivity index (χ2v) is 4.75. The molecule has 2 rings (SSSR count). The molecule has 1 aliphatic rings. The molecular formula is C14H19NO4. The predicted octanol–water partition coefficient (Wildman–Crippen LogP) is 1.22. The quantitative estimate of drug-likeness (QED) is 0.837. The van der Waals surface area contributed by atoms with Gasteiger partial charge in [-0.25, -0.2) is 4.79 Å². The summed E-state index contributed by atoms with van der Waals surface area (Å²) in [5, 5.41) is 18.2. The van der Waals surface area contributed by atoms with Gasteiger partial charge < -0.3 is 14.9 Å². The Kier molecular flexibility index (Phi) is 4.76. The van der Waals surface area contributed by atoms with Crippen LogP contribution >= 0.6 is 0 Å². The number of nitrogens with zero attached hydrogens (tertiary/aromatic N) is 1. The highest BCUT2D eigenvalue weighted by molar-refractivity contribution is 5.87. The Bertz CT molecular complexity index is 410. The second kappa shape index (κ2) is 6.54. The minimum Gasteiger partial charge on any atom is -0.492 e. The van der Waals surface area contributed by atoms with Gasteiger partial charge in [-0.15, -0.1) is 0 Å². The molecule has 19 heavy (non-hydrogen) atoms.